The highest BCUT2D eigenvalue weighted by Crippen LogP contribution is 2.40. The Balaban J connectivity index is 1.13. The molecule has 0 amide bonds. The normalized spacial score (nSPS) is 23.3. The molecule has 1 aliphatic carbocycles. The average molecular weight is 533 g/mol. The summed E-state index contributed by atoms with van der Waals surface area (Å²) in [5.74, 6) is -0.457. The van der Waals surface area contributed by atoms with Gasteiger partial charge in [-0.3, -0.25) is 0 Å². The molecule has 3 nitrogen and oxygen atoms in total. The predicted molar refractivity (Wildman–Crippen MR) is 151 cm³/mol. The Kier molecular flexibility index (Phi) is 8.98. The van der Waals surface area contributed by atoms with Gasteiger partial charge >= 0.3 is 0 Å². The van der Waals surface area contributed by atoms with Crippen LogP contribution in [0.3, 0.4) is 0 Å². The van der Waals surface area contributed by atoms with Crippen molar-refractivity contribution in [3.05, 3.63) is 96.1 Å². The van der Waals surface area contributed by atoms with Gasteiger partial charge in [0.05, 0.1) is 19.3 Å². The Morgan fingerprint density at radius 2 is 1.41 bits per heavy atom. The summed E-state index contributed by atoms with van der Waals surface area (Å²) >= 11 is 0. The number of benzene rings is 3. The number of ether oxygens (including phenoxy) is 3. The van der Waals surface area contributed by atoms with Gasteiger partial charge in [-0.15, -0.1) is 6.58 Å². The second-order valence-corrected chi connectivity index (χ2v) is 10.8. The Morgan fingerprint density at radius 1 is 0.795 bits per heavy atom. The highest BCUT2D eigenvalue weighted by molar-refractivity contribution is 5.64. The summed E-state index contributed by atoms with van der Waals surface area (Å²) < 4.78 is 45.2. The first kappa shape index (κ1) is 27.4. The van der Waals surface area contributed by atoms with Gasteiger partial charge in [0, 0.05) is 5.92 Å². The molecule has 2 aliphatic rings. The Labute approximate surface area is 230 Å². The van der Waals surface area contributed by atoms with E-state index in [4.69, 9.17) is 14.2 Å². The van der Waals surface area contributed by atoms with E-state index in [-0.39, 0.29) is 24.7 Å². The minimum absolute atomic E-state index is 0.110. The molecule has 1 aliphatic heterocycles. The van der Waals surface area contributed by atoms with Crippen LogP contribution >= 0.6 is 0 Å². The van der Waals surface area contributed by atoms with Crippen LogP contribution in [0.5, 0.6) is 11.5 Å². The lowest BCUT2D eigenvalue weighted by Gasteiger charge is -2.37. The van der Waals surface area contributed by atoms with E-state index >= 15 is 0 Å². The average Bonchev–Trinajstić information content (AvgIpc) is 3.00. The lowest BCUT2D eigenvalue weighted by atomic mass is 9.75. The van der Waals surface area contributed by atoms with Crippen LogP contribution in [0.4, 0.5) is 8.78 Å². The van der Waals surface area contributed by atoms with Crippen LogP contribution in [-0.4, -0.2) is 19.3 Å². The lowest BCUT2D eigenvalue weighted by Crippen LogP contribution is -2.33. The molecule has 0 bridgehead atoms. The Hall–Kier alpha value is -3.18. The van der Waals surface area contributed by atoms with Crippen LogP contribution in [0, 0.1) is 23.5 Å². The van der Waals surface area contributed by atoms with Gasteiger partial charge in [0.2, 0.25) is 11.6 Å². The smallest absolute Gasteiger partial charge is 0.204 e. The van der Waals surface area contributed by atoms with Crippen molar-refractivity contribution in [1.29, 1.82) is 0 Å². The van der Waals surface area contributed by atoms with Gasteiger partial charge in [-0.2, -0.15) is 8.78 Å². The van der Waals surface area contributed by atoms with E-state index in [1.165, 1.54) is 56.2 Å². The van der Waals surface area contributed by atoms with Crippen LogP contribution in [0.25, 0.3) is 11.1 Å². The fourth-order valence-corrected chi connectivity index (χ4v) is 5.97. The minimum Gasteiger partial charge on any atom is -0.491 e. The van der Waals surface area contributed by atoms with E-state index in [0.29, 0.717) is 23.9 Å². The summed E-state index contributed by atoms with van der Waals surface area (Å²) in [5.41, 5.74) is 4.57. The quantitative estimate of drug-likeness (QED) is 0.258. The third-order valence-electron chi connectivity index (χ3n) is 8.35. The van der Waals surface area contributed by atoms with Crippen molar-refractivity contribution in [2.45, 2.75) is 64.1 Å². The maximum atomic E-state index is 14.3. The van der Waals surface area contributed by atoms with Gasteiger partial charge < -0.3 is 14.2 Å². The number of halogens is 2. The van der Waals surface area contributed by atoms with Gasteiger partial charge in [0.15, 0.2) is 11.5 Å². The van der Waals surface area contributed by atoms with Gasteiger partial charge in [0.25, 0.3) is 0 Å². The zero-order valence-corrected chi connectivity index (χ0v) is 22.7. The first-order chi connectivity index (χ1) is 19.1. The number of hydrogen-bond donors (Lipinski definition) is 0. The Morgan fingerprint density at radius 3 is 1.97 bits per heavy atom. The standard InChI is InChI=1S/C34H38F2O3/c1-3-23-7-18-30(38-21-23)29-16-14-28(15-17-29)27-12-10-26(11-13-27)25-8-5-24(6-9-25)22-39-32-20-19-31(37-4-2)33(35)34(32)36/h3,5-6,8-13,19-20,23,28-30H,1,4,7,14-18,21-22H2,2H3. The maximum Gasteiger partial charge on any atom is 0.204 e. The molecule has 0 radical (unpaired) electrons. The summed E-state index contributed by atoms with van der Waals surface area (Å²) in [6.45, 7) is 6.88. The lowest BCUT2D eigenvalue weighted by molar-refractivity contribution is -0.0469. The van der Waals surface area contributed by atoms with E-state index in [9.17, 15) is 8.78 Å². The van der Waals surface area contributed by atoms with Crippen LogP contribution in [0.1, 0.15) is 62.5 Å². The highest BCUT2D eigenvalue weighted by atomic mass is 19.2. The molecule has 2 atom stereocenters. The van der Waals surface area contributed by atoms with Crippen LogP contribution < -0.4 is 9.47 Å². The first-order valence-electron chi connectivity index (χ1n) is 14.2. The fraction of sp³-hybridized carbons (Fsp3) is 0.412. The molecule has 2 fully saturated rings. The number of hydrogen-bond acceptors (Lipinski definition) is 3. The summed E-state index contributed by atoms with van der Waals surface area (Å²) in [6, 6.07) is 19.7. The summed E-state index contributed by atoms with van der Waals surface area (Å²) in [4.78, 5) is 0. The van der Waals surface area contributed by atoms with E-state index < -0.39 is 11.6 Å². The van der Waals surface area contributed by atoms with Gasteiger partial charge in [-0.05, 0) is 91.7 Å². The molecular weight excluding hydrogens is 494 g/mol. The summed E-state index contributed by atoms with van der Waals surface area (Å²) in [7, 11) is 0. The molecule has 0 aromatic heterocycles. The second-order valence-electron chi connectivity index (χ2n) is 10.8. The molecule has 3 aromatic rings. The third-order valence-corrected chi connectivity index (χ3v) is 8.35. The van der Waals surface area contributed by atoms with Crippen molar-refractivity contribution in [2.24, 2.45) is 11.8 Å². The van der Waals surface area contributed by atoms with Crippen LogP contribution in [0.15, 0.2) is 73.3 Å². The van der Waals surface area contributed by atoms with Gasteiger partial charge in [-0.25, -0.2) is 0 Å². The van der Waals surface area contributed by atoms with Gasteiger partial charge in [0.1, 0.15) is 6.61 Å². The zero-order valence-electron chi connectivity index (χ0n) is 22.7. The molecule has 1 heterocycles. The van der Waals surface area contributed by atoms with Crippen LogP contribution in [-0.2, 0) is 11.3 Å². The van der Waals surface area contributed by atoms with Crippen molar-refractivity contribution in [1.82, 2.24) is 0 Å². The molecule has 3 aromatic carbocycles. The summed E-state index contributed by atoms with van der Waals surface area (Å²) in [6.07, 6.45) is 9.78. The monoisotopic (exact) mass is 532 g/mol. The molecule has 39 heavy (non-hydrogen) atoms. The molecule has 1 saturated carbocycles. The molecule has 206 valence electrons. The minimum atomic E-state index is -1.03. The second kappa shape index (κ2) is 12.8. The topological polar surface area (TPSA) is 27.7 Å². The van der Waals surface area contributed by atoms with E-state index in [0.717, 1.165) is 23.3 Å². The molecule has 5 rings (SSSR count). The van der Waals surface area contributed by atoms with Crippen molar-refractivity contribution >= 4 is 0 Å². The number of rotatable bonds is 9. The molecule has 5 heteroatoms. The fourth-order valence-electron chi connectivity index (χ4n) is 5.97. The maximum absolute atomic E-state index is 14.3. The molecule has 0 N–H and O–H groups in total. The van der Waals surface area contributed by atoms with Crippen molar-refractivity contribution in [3.8, 4) is 22.6 Å². The van der Waals surface area contributed by atoms with E-state index in [1.807, 2.05) is 30.3 Å². The molecule has 2 unspecified atom stereocenters. The van der Waals surface area contributed by atoms with E-state index in [2.05, 4.69) is 30.8 Å². The zero-order chi connectivity index (χ0) is 27.2. The van der Waals surface area contributed by atoms with Crippen molar-refractivity contribution < 1.29 is 23.0 Å². The molecular formula is C34H38F2O3. The highest BCUT2D eigenvalue weighted by Gasteiger charge is 2.31. The van der Waals surface area contributed by atoms with Crippen LogP contribution in [0.2, 0.25) is 0 Å². The largest absolute Gasteiger partial charge is 0.491 e. The summed E-state index contributed by atoms with van der Waals surface area (Å²) in [5, 5.41) is 0. The predicted octanol–water partition coefficient (Wildman–Crippen LogP) is 8.86. The molecule has 1 saturated heterocycles. The van der Waals surface area contributed by atoms with E-state index in [1.54, 1.807) is 6.92 Å². The molecule has 0 spiro atoms. The first-order valence-corrected chi connectivity index (χ1v) is 14.2. The van der Waals surface area contributed by atoms with Crippen molar-refractivity contribution in [2.75, 3.05) is 13.2 Å². The SMILES string of the molecule is C=CC1CCC(C2CCC(c3ccc(-c4ccc(COc5ccc(OCC)c(F)c5F)cc4)cc3)CC2)OC1. The van der Waals surface area contributed by atoms with Crippen molar-refractivity contribution in [3.63, 3.8) is 0 Å². The Bertz CT molecular complexity index is 1220. The van der Waals surface area contributed by atoms with Gasteiger partial charge in [-0.1, -0.05) is 54.6 Å². The third kappa shape index (κ3) is 6.52.